The molecule has 134 valence electrons. The van der Waals surface area contributed by atoms with Gasteiger partial charge in [-0.15, -0.1) is 0 Å². The molecular weight excluding hydrogens is 326 g/mol. The molecule has 26 heavy (non-hydrogen) atoms. The minimum Gasteiger partial charge on any atom is -0.342 e. The summed E-state index contributed by atoms with van der Waals surface area (Å²) < 4.78 is 0. The molecule has 0 atom stereocenters. The number of carbonyl (C=O) groups excluding carboxylic acids is 2. The van der Waals surface area contributed by atoms with E-state index in [1.165, 1.54) is 0 Å². The van der Waals surface area contributed by atoms with E-state index < -0.39 is 0 Å². The van der Waals surface area contributed by atoms with Gasteiger partial charge in [-0.2, -0.15) is 0 Å². The van der Waals surface area contributed by atoms with Crippen LogP contribution in [-0.4, -0.2) is 42.1 Å². The molecule has 0 fully saturated rings. The summed E-state index contributed by atoms with van der Waals surface area (Å²) in [7, 11) is 0. The number of likely N-dealkylation sites (N-methyl/N-ethyl adjacent to an activating group) is 1. The van der Waals surface area contributed by atoms with Crippen molar-refractivity contribution in [3.05, 3.63) is 60.2 Å². The zero-order valence-electron chi connectivity index (χ0n) is 15.2. The zero-order chi connectivity index (χ0) is 18.5. The highest BCUT2D eigenvalue weighted by molar-refractivity contribution is 6.18. The Balaban J connectivity index is 1.96. The summed E-state index contributed by atoms with van der Waals surface area (Å²) in [4.78, 5) is 33.6. The summed E-state index contributed by atoms with van der Waals surface area (Å²) in [6.45, 7) is 5.18. The van der Waals surface area contributed by atoms with Gasteiger partial charge in [0, 0.05) is 13.1 Å². The number of hydrogen-bond donors (Lipinski definition) is 0. The Labute approximate surface area is 154 Å². The van der Waals surface area contributed by atoms with Gasteiger partial charge in [0.05, 0.1) is 23.5 Å². The van der Waals surface area contributed by atoms with Gasteiger partial charge in [0.25, 0.3) is 0 Å². The smallest absolute Gasteiger partial charge is 0.242 e. The monoisotopic (exact) mass is 349 g/mol. The van der Waals surface area contributed by atoms with E-state index in [0.29, 0.717) is 24.5 Å². The van der Waals surface area contributed by atoms with Gasteiger partial charge in [-0.05, 0) is 31.5 Å². The molecular formula is C21H23N3O2. The third kappa shape index (κ3) is 3.67. The normalized spacial score (nSPS) is 13.7. The predicted molar refractivity (Wildman–Crippen MR) is 104 cm³/mol. The summed E-state index contributed by atoms with van der Waals surface area (Å²) in [6.07, 6.45) is 0.171. The molecule has 1 heterocycles. The molecule has 0 aliphatic carbocycles. The van der Waals surface area contributed by atoms with Gasteiger partial charge >= 0.3 is 0 Å². The van der Waals surface area contributed by atoms with Gasteiger partial charge in [0.15, 0.2) is 0 Å². The van der Waals surface area contributed by atoms with Crippen LogP contribution in [0.3, 0.4) is 0 Å². The summed E-state index contributed by atoms with van der Waals surface area (Å²) in [5, 5.41) is 0. The highest BCUT2D eigenvalue weighted by Gasteiger charge is 2.27. The third-order valence-corrected chi connectivity index (χ3v) is 4.56. The SMILES string of the molecule is CCN(CC)C(=O)CN1C(=O)CC(c2ccccc2)=Nc2ccccc21. The summed E-state index contributed by atoms with van der Waals surface area (Å²) in [5.74, 6) is -0.167. The van der Waals surface area contributed by atoms with Gasteiger partial charge in [0.1, 0.15) is 6.54 Å². The Bertz CT molecular complexity index is 826. The molecule has 2 amide bonds. The number of amides is 2. The first-order valence-electron chi connectivity index (χ1n) is 8.94. The quantitative estimate of drug-likeness (QED) is 0.830. The second-order valence-corrected chi connectivity index (χ2v) is 6.14. The molecule has 0 unspecified atom stereocenters. The fourth-order valence-corrected chi connectivity index (χ4v) is 3.13. The topological polar surface area (TPSA) is 53.0 Å². The minimum atomic E-state index is -0.113. The molecule has 5 nitrogen and oxygen atoms in total. The number of aliphatic imine (C=N–C) groups is 1. The second kappa shape index (κ2) is 7.95. The summed E-state index contributed by atoms with van der Waals surface area (Å²) in [5.41, 5.74) is 3.04. The first kappa shape index (κ1) is 17.9. The molecule has 0 aromatic heterocycles. The van der Waals surface area contributed by atoms with Crippen LogP contribution in [-0.2, 0) is 9.59 Å². The van der Waals surface area contributed by atoms with Crippen LogP contribution in [0.25, 0.3) is 0 Å². The van der Waals surface area contributed by atoms with E-state index in [-0.39, 0.29) is 24.8 Å². The standard InChI is InChI=1S/C21H23N3O2/c1-3-23(4-2)21(26)15-24-19-13-9-8-12-17(19)22-18(14-20(24)25)16-10-6-5-7-11-16/h5-13H,3-4,14-15H2,1-2H3. The van der Waals surface area contributed by atoms with E-state index in [0.717, 1.165) is 11.3 Å². The van der Waals surface area contributed by atoms with Crippen LogP contribution in [0.15, 0.2) is 59.6 Å². The van der Waals surface area contributed by atoms with Gasteiger partial charge in [-0.3, -0.25) is 14.6 Å². The van der Waals surface area contributed by atoms with Crippen molar-refractivity contribution in [3.63, 3.8) is 0 Å². The number of anilines is 1. The average Bonchev–Trinajstić information content (AvgIpc) is 2.80. The van der Waals surface area contributed by atoms with E-state index in [1.54, 1.807) is 9.80 Å². The number of rotatable bonds is 5. The van der Waals surface area contributed by atoms with Crippen LogP contribution in [0.1, 0.15) is 25.8 Å². The fraction of sp³-hybridized carbons (Fsp3) is 0.286. The molecule has 0 saturated heterocycles. The second-order valence-electron chi connectivity index (χ2n) is 6.14. The fourth-order valence-electron chi connectivity index (χ4n) is 3.13. The van der Waals surface area contributed by atoms with E-state index in [4.69, 9.17) is 4.99 Å². The Hall–Kier alpha value is -2.95. The van der Waals surface area contributed by atoms with Crippen LogP contribution in [0.4, 0.5) is 11.4 Å². The third-order valence-electron chi connectivity index (χ3n) is 4.56. The Morgan fingerprint density at radius 1 is 1.04 bits per heavy atom. The van der Waals surface area contributed by atoms with Crippen molar-refractivity contribution in [1.82, 2.24) is 4.90 Å². The molecule has 3 rings (SSSR count). The van der Waals surface area contributed by atoms with Crippen LogP contribution >= 0.6 is 0 Å². The van der Waals surface area contributed by atoms with E-state index in [1.807, 2.05) is 68.4 Å². The van der Waals surface area contributed by atoms with Gasteiger partial charge in [-0.25, -0.2) is 0 Å². The Kier molecular flexibility index (Phi) is 5.46. The molecule has 0 saturated carbocycles. The van der Waals surface area contributed by atoms with Crippen LogP contribution in [0.2, 0.25) is 0 Å². The number of benzene rings is 2. The first-order valence-corrected chi connectivity index (χ1v) is 8.94. The molecule has 0 N–H and O–H groups in total. The Morgan fingerprint density at radius 3 is 2.38 bits per heavy atom. The maximum Gasteiger partial charge on any atom is 0.242 e. The number of fused-ring (bicyclic) bond motifs is 1. The average molecular weight is 349 g/mol. The number of para-hydroxylation sites is 2. The summed E-state index contributed by atoms with van der Waals surface area (Å²) in [6, 6.07) is 17.2. The van der Waals surface area contributed by atoms with Crippen LogP contribution in [0, 0.1) is 0 Å². The zero-order valence-corrected chi connectivity index (χ0v) is 15.2. The molecule has 1 aliphatic heterocycles. The molecule has 1 aliphatic rings. The van der Waals surface area contributed by atoms with E-state index >= 15 is 0 Å². The summed E-state index contributed by atoms with van der Waals surface area (Å²) >= 11 is 0. The molecule has 0 bridgehead atoms. The molecule has 5 heteroatoms. The lowest BCUT2D eigenvalue weighted by Gasteiger charge is -2.26. The lowest BCUT2D eigenvalue weighted by atomic mass is 10.1. The lowest BCUT2D eigenvalue weighted by molar-refractivity contribution is -0.131. The maximum atomic E-state index is 13.0. The van der Waals surface area contributed by atoms with Crippen molar-refractivity contribution in [2.75, 3.05) is 24.5 Å². The molecule has 0 spiro atoms. The largest absolute Gasteiger partial charge is 0.342 e. The number of hydrogen-bond acceptors (Lipinski definition) is 3. The van der Waals surface area contributed by atoms with Gasteiger partial charge in [-0.1, -0.05) is 42.5 Å². The van der Waals surface area contributed by atoms with Crippen molar-refractivity contribution in [2.45, 2.75) is 20.3 Å². The van der Waals surface area contributed by atoms with E-state index in [2.05, 4.69) is 0 Å². The molecule has 2 aromatic rings. The van der Waals surface area contributed by atoms with E-state index in [9.17, 15) is 9.59 Å². The van der Waals surface area contributed by atoms with Crippen molar-refractivity contribution in [1.29, 1.82) is 0 Å². The van der Waals surface area contributed by atoms with Crippen molar-refractivity contribution < 1.29 is 9.59 Å². The molecule has 2 aromatic carbocycles. The highest BCUT2D eigenvalue weighted by atomic mass is 16.2. The number of nitrogens with zero attached hydrogens (tertiary/aromatic N) is 3. The molecule has 0 radical (unpaired) electrons. The minimum absolute atomic E-state index is 0.0368. The Morgan fingerprint density at radius 2 is 1.69 bits per heavy atom. The van der Waals surface area contributed by atoms with Crippen molar-refractivity contribution in [2.24, 2.45) is 4.99 Å². The number of carbonyl (C=O) groups is 2. The van der Waals surface area contributed by atoms with Gasteiger partial charge in [0.2, 0.25) is 11.8 Å². The first-order chi connectivity index (χ1) is 12.6. The van der Waals surface area contributed by atoms with Crippen molar-refractivity contribution in [3.8, 4) is 0 Å². The maximum absolute atomic E-state index is 13.0. The van der Waals surface area contributed by atoms with Crippen LogP contribution < -0.4 is 4.90 Å². The van der Waals surface area contributed by atoms with Crippen LogP contribution in [0.5, 0.6) is 0 Å². The highest BCUT2D eigenvalue weighted by Crippen LogP contribution is 2.32. The lowest BCUT2D eigenvalue weighted by Crippen LogP contribution is -2.43. The van der Waals surface area contributed by atoms with Gasteiger partial charge < -0.3 is 9.80 Å². The van der Waals surface area contributed by atoms with Crippen molar-refractivity contribution >= 4 is 28.9 Å². The predicted octanol–water partition coefficient (Wildman–Crippen LogP) is 3.41.